The SMILES string of the molecule is CCNc1ncc(C)c(Nc2ccc(Br)cc2F)n1. The minimum Gasteiger partial charge on any atom is -0.354 e. The fourth-order valence-electron chi connectivity index (χ4n) is 1.53. The van der Waals surface area contributed by atoms with Crippen molar-refractivity contribution < 1.29 is 4.39 Å². The second kappa shape index (κ2) is 5.97. The molecule has 2 rings (SSSR count). The average molecular weight is 325 g/mol. The van der Waals surface area contributed by atoms with Gasteiger partial charge in [-0.1, -0.05) is 15.9 Å². The third-order valence-electron chi connectivity index (χ3n) is 2.49. The second-order valence-corrected chi connectivity index (χ2v) is 4.92. The minimum absolute atomic E-state index is 0.336. The lowest BCUT2D eigenvalue weighted by Gasteiger charge is -2.11. The molecule has 1 heterocycles. The summed E-state index contributed by atoms with van der Waals surface area (Å²) in [5, 5.41) is 6.00. The topological polar surface area (TPSA) is 49.8 Å². The van der Waals surface area contributed by atoms with Crippen molar-refractivity contribution in [3.63, 3.8) is 0 Å². The maximum Gasteiger partial charge on any atom is 0.224 e. The van der Waals surface area contributed by atoms with E-state index in [1.54, 1.807) is 18.3 Å². The molecule has 0 amide bonds. The van der Waals surface area contributed by atoms with Gasteiger partial charge in [-0.05, 0) is 32.0 Å². The highest BCUT2D eigenvalue weighted by Crippen LogP contribution is 2.24. The summed E-state index contributed by atoms with van der Waals surface area (Å²) in [5.74, 6) is 0.776. The van der Waals surface area contributed by atoms with Crippen molar-refractivity contribution in [3.8, 4) is 0 Å². The van der Waals surface area contributed by atoms with Crippen molar-refractivity contribution in [2.75, 3.05) is 17.2 Å². The van der Waals surface area contributed by atoms with Gasteiger partial charge in [-0.25, -0.2) is 9.37 Å². The number of hydrogen-bond donors (Lipinski definition) is 2. The third kappa shape index (κ3) is 3.41. The lowest BCUT2D eigenvalue weighted by Crippen LogP contribution is -2.06. The van der Waals surface area contributed by atoms with Gasteiger partial charge in [0.1, 0.15) is 11.6 Å². The molecule has 1 aromatic heterocycles. The molecular formula is C13H14BrFN4. The highest BCUT2D eigenvalue weighted by molar-refractivity contribution is 9.10. The van der Waals surface area contributed by atoms with Crippen LogP contribution in [0.3, 0.4) is 0 Å². The van der Waals surface area contributed by atoms with Crippen molar-refractivity contribution >= 4 is 33.4 Å². The van der Waals surface area contributed by atoms with Crippen LogP contribution in [0.4, 0.5) is 21.8 Å². The number of aryl methyl sites for hydroxylation is 1. The number of aromatic nitrogens is 2. The number of benzene rings is 1. The Hall–Kier alpha value is -1.69. The maximum atomic E-state index is 13.8. The molecule has 2 N–H and O–H groups in total. The van der Waals surface area contributed by atoms with Gasteiger partial charge in [0.25, 0.3) is 0 Å². The molecule has 0 spiro atoms. The summed E-state index contributed by atoms with van der Waals surface area (Å²) in [4.78, 5) is 8.45. The zero-order chi connectivity index (χ0) is 13.8. The first kappa shape index (κ1) is 13.7. The predicted octanol–water partition coefficient (Wildman–Crippen LogP) is 3.86. The van der Waals surface area contributed by atoms with Gasteiger partial charge >= 0.3 is 0 Å². The highest BCUT2D eigenvalue weighted by atomic mass is 79.9. The molecule has 6 heteroatoms. The van der Waals surface area contributed by atoms with Crippen LogP contribution < -0.4 is 10.6 Å². The van der Waals surface area contributed by atoms with Crippen LogP contribution in [0.2, 0.25) is 0 Å². The van der Waals surface area contributed by atoms with Gasteiger partial charge in [0.05, 0.1) is 5.69 Å². The second-order valence-electron chi connectivity index (χ2n) is 4.00. The number of rotatable bonds is 4. The fourth-order valence-corrected chi connectivity index (χ4v) is 1.86. The van der Waals surface area contributed by atoms with Crippen LogP contribution in [0, 0.1) is 12.7 Å². The number of nitrogens with zero attached hydrogens (tertiary/aromatic N) is 2. The van der Waals surface area contributed by atoms with E-state index >= 15 is 0 Å². The van der Waals surface area contributed by atoms with E-state index in [1.807, 2.05) is 13.8 Å². The van der Waals surface area contributed by atoms with Crippen LogP contribution >= 0.6 is 15.9 Å². The molecule has 100 valence electrons. The van der Waals surface area contributed by atoms with Gasteiger partial charge in [-0.15, -0.1) is 0 Å². The molecular weight excluding hydrogens is 311 g/mol. The van der Waals surface area contributed by atoms with Gasteiger partial charge in [0, 0.05) is 22.8 Å². The first-order chi connectivity index (χ1) is 9.10. The van der Waals surface area contributed by atoms with Crippen molar-refractivity contribution in [2.24, 2.45) is 0 Å². The molecule has 4 nitrogen and oxygen atoms in total. The van der Waals surface area contributed by atoms with E-state index in [9.17, 15) is 4.39 Å². The van der Waals surface area contributed by atoms with Crippen LogP contribution in [0.5, 0.6) is 0 Å². The van der Waals surface area contributed by atoms with Crippen molar-refractivity contribution in [3.05, 3.63) is 40.2 Å². The molecule has 0 aliphatic heterocycles. The number of nitrogens with one attached hydrogen (secondary N) is 2. The molecule has 1 aromatic carbocycles. The molecule has 0 unspecified atom stereocenters. The number of hydrogen-bond acceptors (Lipinski definition) is 4. The summed E-state index contributed by atoms with van der Waals surface area (Å²) in [6.07, 6.45) is 1.70. The normalized spacial score (nSPS) is 10.3. The van der Waals surface area contributed by atoms with E-state index in [4.69, 9.17) is 0 Å². The largest absolute Gasteiger partial charge is 0.354 e. The molecule has 0 aliphatic carbocycles. The van der Waals surface area contributed by atoms with Crippen molar-refractivity contribution in [1.82, 2.24) is 9.97 Å². The summed E-state index contributed by atoms with van der Waals surface area (Å²) < 4.78 is 14.5. The first-order valence-corrected chi connectivity index (χ1v) is 6.69. The van der Waals surface area contributed by atoms with E-state index in [0.717, 1.165) is 12.1 Å². The van der Waals surface area contributed by atoms with Crippen LogP contribution in [-0.4, -0.2) is 16.5 Å². The number of halogens is 2. The van der Waals surface area contributed by atoms with Gasteiger partial charge < -0.3 is 10.6 Å². The summed E-state index contributed by atoms with van der Waals surface area (Å²) >= 11 is 3.22. The van der Waals surface area contributed by atoms with E-state index in [2.05, 4.69) is 36.5 Å². The third-order valence-corrected chi connectivity index (χ3v) is 2.98. The molecule has 0 atom stereocenters. The van der Waals surface area contributed by atoms with Crippen molar-refractivity contribution in [1.29, 1.82) is 0 Å². The molecule has 0 aliphatic rings. The predicted molar refractivity (Wildman–Crippen MR) is 78.3 cm³/mol. The van der Waals surface area contributed by atoms with Gasteiger partial charge in [-0.2, -0.15) is 4.98 Å². The first-order valence-electron chi connectivity index (χ1n) is 5.89. The monoisotopic (exact) mass is 324 g/mol. The van der Waals surface area contributed by atoms with Gasteiger partial charge in [0.2, 0.25) is 5.95 Å². The summed E-state index contributed by atoms with van der Waals surface area (Å²) in [6, 6.07) is 4.84. The molecule has 0 saturated carbocycles. The molecule has 2 aromatic rings. The van der Waals surface area contributed by atoms with E-state index in [0.29, 0.717) is 21.9 Å². The molecule has 0 saturated heterocycles. The maximum absolute atomic E-state index is 13.8. The number of anilines is 3. The quantitative estimate of drug-likeness (QED) is 0.896. The van der Waals surface area contributed by atoms with Crippen LogP contribution in [0.15, 0.2) is 28.9 Å². The van der Waals surface area contributed by atoms with E-state index < -0.39 is 0 Å². The van der Waals surface area contributed by atoms with E-state index in [1.165, 1.54) is 6.07 Å². The van der Waals surface area contributed by atoms with Gasteiger partial charge in [-0.3, -0.25) is 0 Å². The molecule has 19 heavy (non-hydrogen) atoms. The average Bonchev–Trinajstić information content (AvgIpc) is 2.37. The Kier molecular flexibility index (Phi) is 4.31. The Morgan fingerprint density at radius 3 is 2.84 bits per heavy atom. The zero-order valence-electron chi connectivity index (χ0n) is 10.7. The highest BCUT2D eigenvalue weighted by Gasteiger charge is 2.07. The fraction of sp³-hybridized carbons (Fsp3) is 0.231. The Bertz CT molecular complexity index is 589. The summed E-state index contributed by atoms with van der Waals surface area (Å²) in [6.45, 7) is 4.56. The molecule has 0 fully saturated rings. The Balaban J connectivity index is 2.29. The lowest BCUT2D eigenvalue weighted by atomic mass is 10.3. The van der Waals surface area contributed by atoms with Crippen LogP contribution in [0.1, 0.15) is 12.5 Å². The Morgan fingerprint density at radius 2 is 2.16 bits per heavy atom. The molecule has 0 radical (unpaired) electrons. The summed E-state index contributed by atoms with van der Waals surface area (Å²) in [7, 11) is 0. The minimum atomic E-state index is -0.336. The van der Waals surface area contributed by atoms with E-state index in [-0.39, 0.29) is 5.82 Å². The Labute approximate surface area is 119 Å². The summed E-state index contributed by atoms with van der Waals surface area (Å²) in [5.41, 5.74) is 1.23. The molecule has 0 bridgehead atoms. The van der Waals surface area contributed by atoms with Gasteiger partial charge in [0.15, 0.2) is 0 Å². The smallest absolute Gasteiger partial charge is 0.224 e. The lowest BCUT2D eigenvalue weighted by molar-refractivity contribution is 0.631. The van der Waals surface area contributed by atoms with Crippen molar-refractivity contribution in [2.45, 2.75) is 13.8 Å². The van der Waals surface area contributed by atoms with Crippen LogP contribution in [-0.2, 0) is 0 Å². The zero-order valence-corrected chi connectivity index (χ0v) is 12.3. The van der Waals surface area contributed by atoms with Crippen LogP contribution in [0.25, 0.3) is 0 Å². The standard InChI is InChI=1S/C13H14BrFN4/c1-3-16-13-17-7-8(2)12(19-13)18-11-5-4-9(14)6-10(11)15/h4-7H,3H2,1-2H3,(H2,16,17,18,19). The Morgan fingerprint density at radius 1 is 1.37 bits per heavy atom.